The van der Waals surface area contributed by atoms with Crippen LogP contribution in [0.15, 0.2) is 24.3 Å². The number of hydrogen-bond donors (Lipinski definition) is 1. The van der Waals surface area contributed by atoms with Crippen LogP contribution in [0.25, 0.3) is 0 Å². The van der Waals surface area contributed by atoms with Crippen LogP contribution in [0.2, 0.25) is 0 Å². The zero-order valence-electron chi connectivity index (χ0n) is 16.7. The fourth-order valence-electron chi connectivity index (χ4n) is 3.21. The van der Waals surface area contributed by atoms with Gasteiger partial charge in [-0.05, 0) is 38.1 Å². The second-order valence-electron chi connectivity index (χ2n) is 7.22. The molecule has 1 aliphatic rings. The van der Waals surface area contributed by atoms with Crippen molar-refractivity contribution in [3.63, 3.8) is 0 Å². The largest absolute Gasteiger partial charge is 0.339 e. The summed E-state index contributed by atoms with van der Waals surface area (Å²) in [4.78, 5) is 40.2. The van der Waals surface area contributed by atoms with Crippen molar-refractivity contribution in [2.45, 2.75) is 39.2 Å². The van der Waals surface area contributed by atoms with Gasteiger partial charge in [0, 0.05) is 43.3 Å². The number of amides is 3. The van der Waals surface area contributed by atoms with Crippen LogP contribution in [-0.2, 0) is 9.59 Å². The summed E-state index contributed by atoms with van der Waals surface area (Å²) in [7, 11) is 0. The molecule has 1 atom stereocenters. The molecule has 0 spiro atoms. The van der Waals surface area contributed by atoms with E-state index in [9.17, 15) is 14.4 Å². The average Bonchev–Trinajstić information content (AvgIpc) is 3.10. The number of hydrogen-bond acceptors (Lipinski definition) is 5. The van der Waals surface area contributed by atoms with Gasteiger partial charge in [0.2, 0.25) is 11.8 Å². The van der Waals surface area contributed by atoms with E-state index in [1.807, 2.05) is 26.0 Å². The lowest BCUT2D eigenvalue weighted by Gasteiger charge is -2.21. The van der Waals surface area contributed by atoms with Crippen LogP contribution in [0.1, 0.15) is 43.5 Å². The maximum Gasteiger partial charge on any atom is 0.253 e. The number of nitrogens with zero attached hydrogens (tertiary/aromatic N) is 4. The molecule has 3 amide bonds. The maximum atomic E-state index is 12.6. The highest BCUT2D eigenvalue weighted by Gasteiger charge is 2.35. The molecule has 0 aromatic heterocycles. The molecule has 29 heavy (non-hydrogen) atoms. The molecule has 1 saturated heterocycles. The zero-order valence-corrected chi connectivity index (χ0v) is 16.7. The van der Waals surface area contributed by atoms with Crippen molar-refractivity contribution in [2.75, 3.05) is 25.0 Å². The van der Waals surface area contributed by atoms with Gasteiger partial charge in [-0.3, -0.25) is 14.4 Å². The normalized spacial score (nSPS) is 15.7. The lowest BCUT2D eigenvalue weighted by atomic mass is 10.1. The number of carbonyl (C=O) groups is 3. The van der Waals surface area contributed by atoms with Gasteiger partial charge in [0.05, 0.1) is 30.9 Å². The second-order valence-corrected chi connectivity index (χ2v) is 7.22. The second kappa shape index (κ2) is 10.2. The zero-order chi connectivity index (χ0) is 21.4. The minimum absolute atomic E-state index is 0.0177. The third-order valence-electron chi connectivity index (χ3n) is 4.83. The first-order valence-electron chi connectivity index (χ1n) is 9.61. The Morgan fingerprint density at radius 3 is 2.24 bits per heavy atom. The van der Waals surface area contributed by atoms with Gasteiger partial charge in [0.1, 0.15) is 0 Å². The number of carbonyl (C=O) groups excluding carboxylic acids is 3. The number of rotatable bonds is 8. The van der Waals surface area contributed by atoms with Crippen LogP contribution in [0.5, 0.6) is 0 Å². The quantitative estimate of drug-likeness (QED) is 0.724. The van der Waals surface area contributed by atoms with Gasteiger partial charge in [-0.15, -0.1) is 0 Å². The Labute approximate surface area is 170 Å². The summed E-state index contributed by atoms with van der Waals surface area (Å²) < 4.78 is 0. The Hall–Kier alpha value is -3.39. The van der Waals surface area contributed by atoms with E-state index in [2.05, 4.69) is 5.32 Å². The Balaban J connectivity index is 1.99. The standard InChI is InChI=1S/C21H25N5O3/c1-15(2)26-14-17(13-19(26)27)20(28)24-18-7-5-16(6-8-18)21(29)25(11-3-9-22)12-4-10-23/h5-8,15,17H,3-4,11-14H2,1-2H3,(H,24,28). The van der Waals surface area contributed by atoms with Gasteiger partial charge in [-0.25, -0.2) is 0 Å². The summed E-state index contributed by atoms with van der Waals surface area (Å²) >= 11 is 0. The molecule has 1 aromatic carbocycles. The van der Waals surface area contributed by atoms with Crippen molar-refractivity contribution < 1.29 is 14.4 Å². The molecule has 0 radical (unpaired) electrons. The SMILES string of the molecule is CC(C)N1CC(C(=O)Nc2ccc(C(=O)N(CCC#N)CCC#N)cc2)CC1=O. The lowest BCUT2D eigenvalue weighted by molar-refractivity contribution is -0.129. The molecule has 8 heteroatoms. The number of benzene rings is 1. The molecule has 2 rings (SSSR count). The van der Waals surface area contributed by atoms with Gasteiger partial charge in [-0.2, -0.15) is 10.5 Å². The van der Waals surface area contributed by atoms with Crippen LogP contribution in [-0.4, -0.2) is 53.2 Å². The lowest BCUT2D eigenvalue weighted by Crippen LogP contribution is -2.33. The first-order valence-corrected chi connectivity index (χ1v) is 9.61. The minimum atomic E-state index is -0.390. The molecular formula is C21H25N5O3. The minimum Gasteiger partial charge on any atom is -0.339 e. The molecule has 0 aliphatic carbocycles. The van der Waals surface area contributed by atoms with Crippen molar-refractivity contribution in [2.24, 2.45) is 5.92 Å². The summed E-state index contributed by atoms with van der Waals surface area (Å²) in [6, 6.07) is 10.5. The highest BCUT2D eigenvalue weighted by molar-refractivity contribution is 5.98. The molecule has 8 nitrogen and oxygen atoms in total. The van der Waals surface area contributed by atoms with Crippen molar-refractivity contribution in [1.29, 1.82) is 10.5 Å². The highest BCUT2D eigenvalue weighted by Crippen LogP contribution is 2.22. The summed E-state index contributed by atoms with van der Waals surface area (Å²) in [5, 5.41) is 20.3. The monoisotopic (exact) mass is 395 g/mol. The van der Waals surface area contributed by atoms with Gasteiger partial charge >= 0.3 is 0 Å². The maximum absolute atomic E-state index is 12.6. The summed E-state index contributed by atoms with van der Waals surface area (Å²) in [6.45, 7) is 4.77. The van der Waals surface area contributed by atoms with E-state index in [4.69, 9.17) is 10.5 Å². The van der Waals surface area contributed by atoms with E-state index < -0.39 is 5.92 Å². The Morgan fingerprint density at radius 1 is 1.17 bits per heavy atom. The fraction of sp³-hybridized carbons (Fsp3) is 0.476. The van der Waals surface area contributed by atoms with E-state index in [-0.39, 0.29) is 56.1 Å². The van der Waals surface area contributed by atoms with Crippen LogP contribution >= 0.6 is 0 Å². The van der Waals surface area contributed by atoms with Crippen molar-refractivity contribution in [3.05, 3.63) is 29.8 Å². The average molecular weight is 395 g/mol. The molecule has 1 unspecified atom stereocenters. The first-order chi connectivity index (χ1) is 13.9. The molecule has 152 valence electrons. The molecule has 1 aromatic rings. The summed E-state index contributed by atoms with van der Waals surface area (Å²) in [6.07, 6.45) is 0.588. The topological polar surface area (TPSA) is 117 Å². The predicted octanol–water partition coefficient (Wildman–Crippen LogP) is 2.15. The van der Waals surface area contributed by atoms with Gasteiger partial charge in [0.25, 0.3) is 5.91 Å². The van der Waals surface area contributed by atoms with E-state index in [0.29, 0.717) is 17.8 Å². The smallest absolute Gasteiger partial charge is 0.253 e. The van der Waals surface area contributed by atoms with Crippen LogP contribution < -0.4 is 5.32 Å². The predicted molar refractivity (Wildman–Crippen MR) is 106 cm³/mol. The fourth-order valence-corrected chi connectivity index (χ4v) is 3.21. The Kier molecular flexibility index (Phi) is 7.73. The van der Waals surface area contributed by atoms with Gasteiger partial charge in [0.15, 0.2) is 0 Å². The van der Waals surface area contributed by atoms with Crippen molar-refractivity contribution in [1.82, 2.24) is 9.80 Å². The van der Waals surface area contributed by atoms with E-state index >= 15 is 0 Å². The molecule has 1 fully saturated rings. The van der Waals surface area contributed by atoms with Crippen molar-refractivity contribution >= 4 is 23.4 Å². The third kappa shape index (κ3) is 5.79. The van der Waals surface area contributed by atoms with E-state index in [0.717, 1.165) is 0 Å². The Bertz CT molecular complexity index is 817. The Morgan fingerprint density at radius 2 is 1.76 bits per heavy atom. The van der Waals surface area contributed by atoms with E-state index in [1.54, 1.807) is 29.2 Å². The van der Waals surface area contributed by atoms with E-state index in [1.165, 1.54) is 4.90 Å². The number of nitriles is 2. The van der Waals surface area contributed by atoms with Crippen LogP contribution in [0, 0.1) is 28.6 Å². The highest BCUT2D eigenvalue weighted by atomic mass is 16.2. The van der Waals surface area contributed by atoms with Crippen molar-refractivity contribution in [3.8, 4) is 12.1 Å². The van der Waals surface area contributed by atoms with Gasteiger partial charge in [-0.1, -0.05) is 0 Å². The van der Waals surface area contributed by atoms with Crippen LogP contribution in [0.3, 0.4) is 0 Å². The summed E-state index contributed by atoms with van der Waals surface area (Å²) in [5.41, 5.74) is 0.962. The summed E-state index contributed by atoms with van der Waals surface area (Å²) in [5.74, 6) is -0.887. The molecule has 1 heterocycles. The number of anilines is 1. The first kappa shape index (κ1) is 21.9. The van der Waals surface area contributed by atoms with Gasteiger partial charge < -0.3 is 15.1 Å². The molecule has 1 N–H and O–H groups in total. The van der Waals surface area contributed by atoms with Crippen LogP contribution in [0.4, 0.5) is 5.69 Å². The molecular weight excluding hydrogens is 370 g/mol. The number of nitrogens with one attached hydrogen (secondary N) is 1. The molecule has 0 bridgehead atoms. The molecule has 1 aliphatic heterocycles. The third-order valence-corrected chi connectivity index (χ3v) is 4.83. The number of likely N-dealkylation sites (tertiary alicyclic amines) is 1. The molecule has 0 saturated carbocycles.